The predicted molar refractivity (Wildman–Crippen MR) is 125 cm³/mol. The van der Waals surface area contributed by atoms with Crippen LogP contribution in [0.3, 0.4) is 0 Å². The highest BCUT2D eigenvalue weighted by atomic mass is 127. The number of morpholine rings is 1. The molecule has 2 fully saturated rings. The van der Waals surface area contributed by atoms with E-state index in [0.717, 1.165) is 45.3 Å². The fraction of sp³-hybridized carbons (Fsp3) is 0.950. The van der Waals surface area contributed by atoms with Crippen LogP contribution in [0.5, 0.6) is 0 Å². The lowest BCUT2D eigenvalue weighted by Gasteiger charge is -2.41. The molecule has 7 heteroatoms. The van der Waals surface area contributed by atoms with E-state index in [-0.39, 0.29) is 35.6 Å². The molecule has 2 rings (SSSR count). The van der Waals surface area contributed by atoms with E-state index in [9.17, 15) is 0 Å². The van der Waals surface area contributed by atoms with E-state index in [2.05, 4.69) is 53.1 Å². The van der Waals surface area contributed by atoms with Crippen LogP contribution in [0.25, 0.3) is 0 Å². The first-order valence-corrected chi connectivity index (χ1v) is 10.4. The van der Waals surface area contributed by atoms with Crippen LogP contribution in [0.15, 0.2) is 4.99 Å². The number of nitrogens with one attached hydrogen (secondary N) is 2. The molecule has 0 aliphatic carbocycles. The average Bonchev–Trinajstić information content (AvgIpc) is 2.62. The summed E-state index contributed by atoms with van der Waals surface area (Å²) in [4.78, 5) is 9.51. The Labute approximate surface area is 183 Å². The number of guanidine groups is 1. The molecule has 0 spiro atoms. The van der Waals surface area contributed by atoms with Crippen molar-refractivity contribution in [3.8, 4) is 0 Å². The zero-order valence-electron chi connectivity index (χ0n) is 18.1. The van der Waals surface area contributed by atoms with Gasteiger partial charge in [-0.05, 0) is 45.7 Å². The van der Waals surface area contributed by atoms with Crippen molar-refractivity contribution in [2.24, 2.45) is 10.9 Å². The summed E-state index contributed by atoms with van der Waals surface area (Å²) in [5.74, 6) is 1.58. The van der Waals surface area contributed by atoms with Gasteiger partial charge in [0.25, 0.3) is 0 Å². The molecule has 2 saturated heterocycles. The van der Waals surface area contributed by atoms with Crippen LogP contribution in [-0.4, -0.2) is 86.9 Å². The zero-order chi connectivity index (χ0) is 19.0. The fourth-order valence-corrected chi connectivity index (χ4v) is 3.93. The van der Waals surface area contributed by atoms with Crippen LogP contribution >= 0.6 is 24.0 Å². The quantitative estimate of drug-likeness (QED) is 0.323. The molecule has 1 atom stereocenters. The molecule has 2 aliphatic rings. The third-order valence-electron chi connectivity index (χ3n) is 5.47. The number of ether oxygens (including phenoxy) is 1. The summed E-state index contributed by atoms with van der Waals surface area (Å²) in [6.07, 6.45) is 4.25. The van der Waals surface area contributed by atoms with E-state index >= 15 is 0 Å². The van der Waals surface area contributed by atoms with Gasteiger partial charge in [-0.2, -0.15) is 0 Å². The van der Waals surface area contributed by atoms with Gasteiger partial charge < -0.3 is 15.4 Å². The molecule has 160 valence electrons. The van der Waals surface area contributed by atoms with Crippen molar-refractivity contribution in [3.05, 3.63) is 0 Å². The number of likely N-dealkylation sites (tertiary alicyclic amines) is 1. The second kappa shape index (κ2) is 12.4. The van der Waals surface area contributed by atoms with Crippen LogP contribution in [0.2, 0.25) is 0 Å². The number of hydrogen-bond acceptors (Lipinski definition) is 4. The molecule has 1 unspecified atom stereocenters. The Balaban J connectivity index is 0.00000364. The molecular weight excluding hydrogens is 453 g/mol. The van der Waals surface area contributed by atoms with Crippen LogP contribution in [0.1, 0.15) is 47.0 Å². The summed E-state index contributed by atoms with van der Waals surface area (Å²) < 4.78 is 5.93. The highest BCUT2D eigenvalue weighted by Crippen LogP contribution is 2.19. The average molecular weight is 495 g/mol. The molecule has 0 aromatic heterocycles. The Bertz CT molecular complexity index is 438. The largest absolute Gasteiger partial charge is 0.374 e. The molecule has 2 aliphatic heterocycles. The van der Waals surface area contributed by atoms with E-state index in [4.69, 9.17) is 4.74 Å². The van der Waals surface area contributed by atoms with Gasteiger partial charge >= 0.3 is 0 Å². The fourth-order valence-electron chi connectivity index (χ4n) is 3.93. The van der Waals surface area contributed by atoms with Crippen molar-refractivity contribution in [2.75, 3.05) is 59.5 Å². The van der Waals surface area contributed by atoms with Gasteiger partial charge in [-0.15, -0.1) is 24.0 Å². The normalized spacial score (nSPS) is 23.2. The summed E-state index contributed by atoms with van der Waals surface area (Å²) in [5.41, 5.74) is 0.146. The molecule has 0 amide bonds. The van der Waals surface area contributed by atoms with E-state index in [1.165, 1.54) is 32.4 Å². The number of piperidine rings is 1. The molecule has 0 bridgehead atoms. The van der Waals surface area contributed by atoms with Crippen LogP contribution in [0.4, 0.5) is 0 Å². The Hall–Kier alpha value is -0.120. The van der Waals surface area contributed by atoms with Crippen molar-refractivity contribution in [2.45, 2.75) is 58.6 Å². The zero-order valence-corrected chi connectivity index (χ0v) is 20.4. The maximum atomic E-state index is 5.93. The van der Waals surface area contributed by atoms with Gasteiger partial charge in [-0.3, -0.25) is 14.8 Å². The standard InChI is InChI=1S/C20H41N5O.HI/c1-17(2)14-24-11-12-26-18(15-24)13-22-19(21-5)23-16-20(3,4)25-9-7-6-8-10-25;/h17-18H,6-16H2,1-5H3,(H2,21,22,23);1H. The molecule has 0 aromatic rings. The van der Waals surface area contributed by atoms with E-state index in [1.54, 1.807) is 0 Å². The van der Waals surface area contributed by atoms with Gasteiger partial charge in [0.1, 0.15) is 0 Å². The number of aliphatic imine (C=N–C) groups is 1. The highest BCUT2D eigenvalue weighted by molar-refractivity contribution is 14.0. The molecule has 27 heavy (non-hydrogen) atoms. The molecule has 6 nitrogen and oxygen atoms in total. The summed E-state index contributed by atoms with van der Waals surface area (Å²) >= 11 is 0. The van der Waals surface area contributed by atoms with Crippen molar-refractivity contribution in [1.82, 2.24) is 20.4 Å². The SMILES string of the molecule is CN=C(NCC1CN(CC(C)C)CCO1)NCC(C)(C)N1CCCCC1.I. The molecule has 2 heterocycles. The Morgan fingerprint density at radius 1 is 1.15 bits per heavy atom. The summed E-state index contributed by atoms with van der Waals surface area (Å²) in [7, 11) is 1.84. The third kappa shape index (κ3) is 8.83. The molecule has 2 N–H and O–H groups in total. The van der Waals surface area contributed by atoms with Gasteiger partial charge in [-0.25, -0.2) is 0 Å². The summed E-state index contributed by atoms with van der Waals surface area (Å²) in [5, 5.41) is 6.98. The maximum Gasteiger partial charge on any atom is 0.191 e. The van der Waals surface area contributed by atoms with Crippen LogP contribution in [0, 0.1) is 5.92 Å². The lowest BCUT2D eigenvalue weighted by molar-refractivity contribution is -0.0284. The molecule has 0 aromatic carbocycles. The minimum absolute atomic E-state index is 0. The van der Waals surface area contributed by atoms with E-state index in [1.807, 2.05) is 7.05 Å². The lowest BCUT2D eigenvalue weighted by atomic mass is 9.98. The molecule has 0 saturated carbocycles. The Kier molecular flexibility index (Phi) is 11.5. The maximum absolute atomic E-state index is 5.93. The summed E-state index contributed by atoms with van der Waals surface area (Å²) in [6, 6.07) is 0. The highest BCUT2D eigenvalue weighted by Gasteiger charge is 2.28. The minimum atomic E-state index is 0. The predicted octanol–water partition coefficient (Wildman–Crippen LogP) is 2.39. The minimum Gasteiger partial charge on any atom is -0.374 e. The van der Waals surface area contributed by atoms with Gasteiger partial charge in [0.05, 0.1) is 12.7 Å². The van der Waals surface area contributed by atoms with Gasteiger partial charge in [0.2, 0.25) is 0 Å². The first-order chi connectivity index (χ1) is 12.4. The second-order valence-electron chi connectivity index (χ2n) is 8.81. The summed E-state index contributed by atoms with van der Waals surface area (Å²) in [6.45, 7) is 17.4. The van der Waals surface area contributed by atoms with Gasteiger partial charge in [-0.1, -0.05) is 20.3 Å². The monoisotopic (exact) mass is 495 g/mol. The number of hydrogen-bond donors (Lipinski definition) is 2. The number of nitrogens with zero attached hydrogens (tertiary/aromatic N) is 3. The van der Waals surface area contributed by atoms with Crippen molar-refractivity contribution in [3.63, 3.8) is 0 Å². The second-order valence-corrected chi connectivity index (χ2v) is 8.81. The third-order valence-corrected chi connectivity index (χ3v) is 5.47. The Morgan fingerprint density at radius 2 is 1.85 bits per heavy atom. The van der Waals surface area contributed by atoms with Gasteiger partial charge in [0, 0.05) is 45.3 Å². The van der Waals surface area contributed by atoms with Gasteiger partial charge in [0.15, 0.2) is 5.96 Å². The molecule has 0 radical (unpaired) electrons. The first-order valence-electron chi connectivity index (χ1n) is 10.4. The molecular formula is C20H42IN5O. The van der Waals surface area contributed by atoms with E-state index in [0.29, 0.717) is 5.92 Å². The number of halogens is 1. The van der Waals surface area contributed by atoms with Crippen molar-refractivity contribution < 1.29 is 4.74 Å². The smallest absolute Gasteiger partial charge is 0.191 e. The van der Waals surface area contributed by atoms with Crippen LogP contribution in [-0.2, 0) is 4.74 Å². The number of rotatable bonds is 7. The lowest BCUT2D eigenvalue weighted by Crippen LogP contribution is -2.56. The van der Waals surface area contributed by atoms with Crippen molar-refractivity contribution >= 4 is 29.9 Å². The van der Waals surface area contributed by atoms with E-state index < -0.39 is 0 Å². The topological polar surface area (TPSA) is 52.1 Å². The van der Waals surface area contributed by atoms with Crippen LogP contribution < -0.4 is 10.6 Å². The Morgan fingerprint density at radius 3 is 2.48 bits per heavy atom. The first kappa shape index (κ1) is 24.9. The van der Waals surface area contributed by atoms with Crippen molar-refractivity contribution in [1.29, 1.82) is 0 Å².